The molecular formula is C22H17Cl2F3N2O2. The smallest absolute Gasteiger partial charge is 0.419 e. The summed E-state index contributed by atoms with van der Waals surface area (Å²) in [5, 5.41) is 0.707. The third kappa shape index (κ3) is 4.00. The minimum atomic E-state index is -4.65. The molecule has 0 saturated carbocycles. The molecule has 9 heteroatoms. The van der Waals surface area contributed by atoms with E-state index in [-0.39, 0.29) is 11.3 Å². The molecule has 0 radical (unpaired) electrons. The van der Waals surface area contributed by atoms with E-state index >= 15 is 0 Å². The van der Waals surface area contributed by atoms with Crippen molar-refractivity contribution in [3.05, 3.63) is 87.2 Å². The van der Waals surface area contributed by atoms with Crippen LogP contribution in [0.2, 0.25) is 10.0 Å². The fourth-order valence-corrected chi connectivity index (χ4v) is 4.17. The summed E-state index contributed by atoms with van der Waals surface area (Å²) in [6.45, 7) is 0.840. The molecule has 0 aliphatic carbocycles. The van der Waals surface area contributed by atoms with E-state index in [1.165, 1.54) is 6.07 Å². The molecule has 0 bridgehead atoms. The van der Waals surface area contributed by atoms with E-state index in [9.17, 15) is 18.0 Å². The van der Waals surface area contributed by atoms with Crippen molar-refractivity contribution < 1.29 is 22.7 Å². The number of hydrogen-bond acceptors (Lipinski definition) is 2. The molecule has 2 heterocycles. The number of nitrogens with zero attached hydrogens (tertiary/aromatic N) is 2. The molecule has 31 heavy (non-hydrogen) atoms. The molecule has 2 aromatic carbocycles. The Labute approximate surface area is 186 Å². The van der Waals surface area contributed by atoms with Crippen LogP contribution in [0.25, 0.3) is 0 Å². The maximum Gasteiger partial charge on any atom is 0.419 e. The van der Waals surface area contributed by atoms with Gasteiger partial charge >= 0.3 is 6.18 Å². The van der Waals surface area contributed by atoms with Crippen LogP contribution in [0.15, 0.2) is 54.7 Å². The Hall–Kier alpha value is -2.64. The maximum atomic E-state index is 13.5. The van der Waals surface area contributed by atoms with Gasteiger partial charge in [0.15, 0.2) is 0 Å². The Morgan fingerprint density at radius 3 is 2.52 bits per heavy atom. The third-order valence-electron chi connectivity index (χ3n) is 5.31. The van der Waals surface area contributed by atoms with Crippen molar-refractivity contribution in [2.24, 2.45) is 0 Å². The molecule has 4 nitrogen and oxygen atoms in total. The Morgan fingerprint density at radius 2 is 1.84 bits per heavy atom. The highest BCUT2D eigenvalue weighted by molar-refractivity contribution is 6.42. The van der Waals surface area contributed by atoms with Crippen LogP contribution in [0.3, 0.4) is 0 Å². The van der Waals surface area contributed by atoms with Gasteiger partial charge in [-0.15, -0.1) is 0 Å². The van der Waals surface area contributed by atoms with E-state index in [4.69, 9.17) is 27.9 Å². The summed E-state index contributed by atoms with van der Waals surface area (Å²) in [6, 6.07) is 11.6. The fourth-order valence-electron chi connectivity index (χ4n) is 3.86. The van der Waals surface area contributed by atoms with Crippen molar-refractivity contribution in [1.29, 1.82) is 0 Å². The molecule has 1 atom stereocenters. The van der Waals surface area contributed by atoms with Crippen molar-refractivity contribution in [2.75, 3.05) is 13.7 Å². The summed E-state index contributed by atoms with van der Waals surface area (Å²) in [7, 11) is 1.16. The van der Waals surface area contributed by atoms with Crippen LogP contribution in [-0.4, -0.2) is 29.0 Å². The van der Waals surface area contributed by atoms with Crippen LogP contribution < -0.4 is 4.74 Å². The third-order valence-corrected chi connectivity index (χ3v) is 6.05. The van der Waals surface area contributed by atoms with E-state index < -0.39 is 23.7 Å². The predicted octanol–water partition coefficient (Wildman–Crippen LogP) is 6.07. The zero-order chi connectivity index (χ0) is 22.3. The number of carbonyl (C=O) groups excluding carboxylic acids is 1. The fraction of sp³-hybridized carbons (Fsp3) is 0.227. The lowest BCUT2D eigenvalue weighted by atomic mass is 9.98. The highest BCUT2D eigenvalue weighted by Crippen LogP contribution is 2.39. The Bertz CT molecular complexity index is 1140. The zero-order valence-corrected chi connectivity index (χ0v) is 17.8. The molecule has 1 amide bonds. The average molecular weight is 469 g/mol. The van der Waals surface area contributed by atoms with Gasteiger partial charge in [-0.3, -0.25) is 4.79 Å². The molecule has 0 saturated heterocycles. The van der Waals surface area contributed by atoms with Gasteiger partial charge in [0.25, 0.3) is 5.91 Å². The van der Waals surface area contributed by atoms with Crippen molar-refractivity contribution in [3.8, 4) is 5.75 Å². The summed E-state index contributed by atoms with van der Waals surface area (Å²) in [4.78, 5) is 14.9. The van der Waals surface area contributed by atoms with Crippen LogP contribution in [0, 0.1) is 0 Å². The van der Waals surface area contributed by atoms with Gasteiger partial charge in [0.05, 0.1) is 28.8 Å². The average Bonchev–Trinajstić information content (AvgIpc) is 3.22. The number of methoxy groups -OCH3 is 1. The molecule has 1 aliphatic rings. The minimum absolute atomic E-state index is 0.0711. The first kappa shape index (κ1) is 21.6. The Morgan fingerprint density at radius 1 is 1.06 bits per heavy atom. The summed E-state index contributed by atoms with van der Waals surface area (Å²) in [5.41, 5.74) is 0.486. The van der Waals surface area contributed by atoms with Gasteiger partial charge in [0, 0.05) is 30.5 Å². The van der Waals surface area contributed by atoms with E-state index in [0.717, 1.165) is 24.9 Å². The molecule has 0 spiro atoms. The molecule has 4 rings (SSSR count). The minimum Gasteiger partial charge on any atom is -0.496 e. The summed E-state index contributed by atoms with van der Waals surface area (Å²) in [6.07, 6.45) is -2.75. The van der Waals surface area contributed by atoms with Crippen LogP contribution in [0.4, 0.5) is 13.2 Å². The van der Waals surface area contributed by atoms with Gasteiger partial charge in [0.2, 0.25) is 0 Å². The number of benzene rings is 2. The highest BCUT2D eigenvalue weighted by atomic mass is 35.5. The topological polar surface area (TPSA) is 34.5 Å². The molecule has 1 aliphatic heterocycles. The molecular weight excluding hydrogens is 452 g/mol. The lowest BCUT2D eigenvalue weighted by Gasteiger charge is -2.37. The van der Waals surface area contributed by atoms with Gasteiger partial charge in [-0.25, -0.2) is 0 Å². The van der Waals surface area contributed by atoms with Gasteiger partial charge in [0.1, 0.15) is 5.75 Å². The van der Waals surface area contributed by atoms with E-state index in [1.807, 2.05) is 22.9 Å². The lowest BCUT2D eigenvalue weighted by molar-refractivity contribution is -0.138. The largest absolute Gasteiger partial charge is 0.496 e. The predicted molar refractivity (Wildman–Crippen MR) is 112 cm³/mol. The van der Waals surface area contributed by atoms with Crippen molar-refractivity contribution in [2.45, 2.75) is 18.8 Å². The van der Waals surface area contributed by atoms with Crippen LogP contribution in [-0.2, 0) is 12.7 Å². The van der Waals surface area contributed by atoms with E-state index in [1.54, 1.807) is 23.1 Å². The maximum absolute atomic E-state index is 13.5. The van der Waals surface area contributed by atoms with Gasteiger partial charge in [-0.2, -0.15) is 13.2 Å². The van der Waals surface area contributed by atoms with E-state index in [2.05, 4.69) is 0 Å². The van der Waals surface area contributed by atoms with Crippen molar-refractivity contribution >= 4 is 29.1 Å². The normalized spacial score (nSPS) is 16.2. The first-order chi connectivity index (χ1) is 14.7. The second-order valence-electron chi connectivity index (χ2n) is 7.11. The molecule has 0 N–H and O–H groups in total. The molecule has 162 valence electrons. The number of amides is 1. The zero-order valence-electron chi connectivity index (χ0n) is 16.3. The van der Waals surface area contributed by atoms with Crippen molar-refractivity contribution in [3.63, 3.8) is 0 Å². The number of alkyl halides is 3. The quantitative estimate of drug-likeness (QED) is 0.467. The molecule has 0 unspecified atom stereocenters. The monoisotopic (exact) mass is 468 g/mol. The second kappa shape index (κ2) is 8.13. The van der Waals surface area contributed by atoms with E-state index in [0.29, 0.717) is 28.7 Å². The summed E-state index contributed by atoms with van der Waals surface area (Å²) >= 11 is 12.2. The van der Waals surface area contributed by atoms with Gasteiger partial charge in [-0.1, -0.05) is 29.3 Å². The highest BCUT2D eigenvalue weighted by Gasteiger charge is 2.37. The second-order valence-corrected chi connectivity index (χ2v) is 7.93. The number of ether oxygens (including phenoxy) is 1. The number of rotatable bonds is 3. The standard InChI is InChI=1S/C22H17Cl2F3N2O2/c1-31-19-7-5-14(11-15(19)22(25,26)27)21(30)29-10-9-28-8-2-3-18(28)20(29)13-4-6-16(23)17(24)12-13/h2-8,11-12,20H,9-10H2,1H3/t20-/m1/s1. The number of fused-ring (bicyclic) bond motifs is 1. The van der Waals surface area contributed by atoms with Gasteiger partial charge < -0.3 is 14.2 Å². The SMILES string of the molecule is COc1ccc(C(=O)N2CCn3cccc3[C@H]2c2ccc(Cl)c(Cl)c2)cc1C(F)(F)F. The molecule has 3 aromatic rings. The molecule has 0 fully saturated rings. The number of carbonyl (C=O) groups is 1. The first-order valence-electron chi connectivity index (χ1n) is 9.37. The lowest BCUT2D eigenvalue weighted by Crippen LogP contribution is -2.42. The van der Waals surface area contributed by atoms with Crippen LogP contribution in [0.5, 0.6) is 5.75 Å². The first-order valence-corrected chi connectivity index (χ1v) is 10.1. The summed E-state index contributed by atoms with van der Waals surface area (Å²) < 4.78 is 47.2. The number of hydrogen-bond donors (Lipinski definition) is 0. The summed E-state index contributed by atoms with van der Waals surface area (Å²) in [5.74, 6) is -0.853. The molecule has 1 aromatic heterocycles. The number of halogens is 5. The Kier molecular flexibility index (Phi) is 5.66. The number of aromatic nitrogens is 1. The Balaban J connectivity index is 1.79. The van der Waals surface area contributed by atoms with Gasteiger partial charge in [-0.05, 0) is 48.0 Å². The van der Waals surface area contributed by atoms with Crippen molar-refractivity contribution in [1.82, 2.24) is 9.47 Å². The van der Waals surface area contributed by atoms with Crippen LogP contribution >= 0.6 is 23.2 Å². The van der Waals surface area contributed by atoms with Crippen LogP contribution in [0.1, 0.15) is 33.2 Å².